The number of piperidine rings is 1. The molecule has 2 fully saturated rings. The smallest absolute Gasteiger partial charge is 0.229 e. The van der Waals surface area contributed by atoms with Crippen LogP contribution >= 0.6 is 0 Å². The zero-order valence-corrected chi connectivity index (χ0v) is 14.0. The van der Waals surface area contributed by atoms with Gasteiger partial charge < -0.3 is 4.52 Å². The number of likely N-dealkylation sites (tertiary alicyclic amines) is 1. The molecule has 0 aromatic carbocycles. The van der Waals surface area contributed by atoms with E-state index in [1.54, 1.807) is 0 Å². The molecule has 6 heteroatoms. The van der Waals surface area contributed by atoms with Crippen molar-refractivity contribution in [2.75, 3.05) is 13.1 Å². The molecular weight excluding hydrogens is 290 g/mol. The highest BCUT2D eigenvalue weighted by Crippen LogP contribution is 2.39. The molecule has 0 spiro atoms. The van der Waals surface area contributed by atoms with Crippen molar-refractivity contribution in [2.45, 2.75) is 64.0 Å². The van der Waals surface area contributed by atoms with Crippen LogP contribution in [0.5, 0.6) is 0 Å². The van der Waals surface area contributed by atoms with E-state index in [1.165, 1.54) is 19.3 Å². The Labute approximate surface area is 136 Å². The third kappa shape index (κ3) is 3.32. The molecule has 2 aromatic rings. The van der Waals surface area contributed by atoms with Gasteiger partial charge in [-0.05, 0) is 52.1 Å². The van der Waals surface area contributed by atoms with Crippen LogP contribution < -0.4 is 0 Å². The molecule has 124 valence electrons. The molecule has 23 heavy (non-hydrogen) atoms. The Hall–Kier alpha value is -1.69. The van der Waals surface area contributed by atoms with Crippen molar-refractivity contribution in [3.05, 3.63) is 29.7 Å². The second-order valence-electron chi connectivity index (χ2n) is 7.22. The third-order valence-electron chi connectivity index (χ3n) is 4.83. The molecule has 0 amide bonds. The van der Waals surface area contributed by atoms with Crippen molar-refractivity contribution in [3.63, 3.8) is 0 Å². The fraction of sp³-hybridized carbons (Fsp3) is 0.706. The van der Waals surface area contributed by atoms with Gasteiger partial charge in [0.15, 0.2) is 5.82 Å². The fourth-order valence-corrected chi connectivity index (χ4v) is 3.30. The highest BCUT2D eigenvalue weighted by molar-refractivity contribution is 5.06. The molecule has 3 heterocycles. The van der Waals surface area contributed by atoms with Gasteiger partial charge in [0.2, 0.25) is 5.89 Å². The Bertz CT molecular complexity index is 657. The predicted molar refractivity (Wildman–Crippen MR) is 86.1 cm³/mol. The molecule has 6 nitrogen and oxygen atoms in total. The van der Waals surface area contributed by atoms with Crippen LogP contribution in [0.15, 0.2) is 16.8 Å². The van der Waals surface area contributed by atoms with Gasteiger partial charge in [-0.25, -0.2) is 0 Å². The normalized spacial score (nSPS) is 22.8. The van der Waals surface area contributed by atoms with Crippen LogP contribution in [0.1, 0.15) is 74.8 Å². The molecule has 1 saturated heterocycles. The van der Waals surface area contributed by atoms with Crippen LogP contribution in [0, 0.1) is 0 Å². The molecule has 0 unspecified atom stereocenters. The molecule has 1 aliphatic carbocycles. The van der Waals surface area contributed by atoms with Crippen molar-refractivity contribution >= 4 is 0 Å². The highest BCUT2D eigenvalue weighted by atomic mass is 16.5. The monoisotopic (exact) mass is 315 g/mol. The van der Waals surface area contributed by atoms with Gasteiger partial charge in [-0.3, -0.25) is 9.58 Å². The first-order valence-corrected chi connectivity index (χ1v) is 8.79. The largest absolute Gasteiger partial charge is 0.339 e. The SMILES string of the molecule is CC(C)n1ccc(CN2CCC[C@@H](c3noc(C4CC4)n3)C2)n1. The minimum atomic E-state index is 0.396. The summed E-state index contributed by atoms with van der Waals surface area (Å²) in [4.78, 5) is 7.11. The summed E-state index contributed by atoms with van der Waals surface area (Å²) in [6.45, 7) is 7.34. The second-order valence-corrected chi connectivity index (χ2v) is 7.22. The standard InChI is InChI=1S/C17H25N5O/c1-12(2)22-9-7-15(19-22)11-21-8-3-4-14(10-21)16-18-17(23-20-16)13-5-6-13/h7,9,12-14H,3-6,8,10-11H2,1-2H3/t14-/m1/s1. The molecule has 2 aromatic heterocycles. The van der Waals surface area contributed by atoms with E-state index in [0.29, 0.717) is 17.9 Å². The van der Waals surface area contributed by atoms with Crippen molar-refractivity contribution in [2.24, 2.45) is 0 Å². The molecular formula is C17H25N5O. The maximum absolute atomic E-state index is 5.43. The molecule has 0 radical (unpaired) electrons. The molecule has 4 rings (SSSR count). The first kappa shape index (κ1) is 14.9. The summed E-state index contributed by atoms with van der Waals surface area (Å²) in [7, 11) is 0. The lowest BCUT2D eigenvalue weighted by molar-refractivity contribution is 0.192. The van der Waals surface area contributed by atoms with E-state index in [2.05, 4.69) is 46.2 Å². The van der Waals surface area contributed by atoms with Crippen molar-refractivity contribution in [1.82, 2.24) is 24.8 Å². The van der Waals surface area contributed by atoms with Gasteiger partial charge in [-0.15, -0.1) is 0 Å². The van der Waals surface area contributed by atoms with Crippen molar-refractivity contribution < 1.29 is 4.52 Å². The van der Waals surface area contributed by atoms with Crippen LogP contribution in [0.4, 0.5) is 0 Å². The quantitative estimate of drug-likeness (QED) is 0.848. The predicted octanol–water partition coefficient (Wildman–Crippen LogP) is 3.10. The van der Waals surface area contributed by atoms with Crippen LogP contribution in [0.2, 0.25) is 0 Å². The third-order valence-corrected chi connectivity index (χ3v) is 4.83. The summed E-state index contributed by atoms with van der Waals surface area (Å²) >= 11 is 0. The number of aromatic nitrogens is 4. The first-order chi connectivity index (χ1) is 11.2. The zero-order chi connectivity index (χ0) is 15.8. The maximum Gasteiger partial charge on any atom is 0.229 e. The Kier molecular flexibility index (Phi) is 3.93. The number of hydrogen-bond acceptors (Lipinski definition) is 5. The molecule has 1 saturated carbocycles. The summed E-state index contributed by atoms with van der Waals surface area (Å²) in [5.74, 6) is 2.69. The van der Waals surface area contributed by atoms with Crippen LogP contribution in [-0.4, -0.2) is 37.9 Å². The number of hydrogen-bond donors (Lipinski definition) is 0. The van der Waals surface area contributed by atoms with Crippen LogP contribution in [0.3, 0.4) is 0 Å². The van der Waals surface area contributed by atoms with E-state index in [4.69, 9.17) is 4.52 Å². The highest BCUT2D eigenvalue weighted by Gasteiger charge is 2.32. The van der Waals surface area contributed by atoms with Crippen molar-refractivity contribution in [3.8, 4) is 0 Å². The van der Waals surface area contributed by atoms with Gasteiger partial charge in [-0.1, -0.05) is 5.16 Å². The summed E-state index contributed by atoms with van der Waals surface area (Å²) in [5.41, 5.74) is 1.14. The zero-order valence-electron chi connectivity index (χ0n) is 14.0. The topological polar surface area (TPSA) is 60.0 Å². The van der Waals surface area contributed by atoms with E-state index >= 15 is 0 Å². The lowest BCUT2D eigenvalue weighted by Gasteiger charge is -2.30. The average molecular weight is 315 g/mol. The second kappa shape index (κ2) is 6.07. The Morgan fingerprint density at radius 3 is 2.87 bits per heavy atom. The lowest BCUT2D eigenvalue weighted by atomic mass is 9.97. The Balaban J connectivity index is 1.39. The maximum atomic E-state index is 5.43. The summed E-state index contributed by atoms with van der Waals surface area (Å²) in [6, 6.07) is 2.54. The molecule has 0 N–H and O–H groups in total. The first-order valence-electron chi connectivity index (χ1n) is 8.79. The van der Waals surface area contributed by atoms with E-state index in [1.807, 2.05) is 4.68 Å². The fourth-order valence-electron chi connectivity index (χ4n) is 3.30. The average Bonchev–Trinajstić information content (AvgIpc) is 3.09. The number of rotatable bonds is 5. The van der Waals surface area contributed by atoms with Crippen LogP contribution in [0.25, 0.3) is 0 Å². The van der Waals surface area contributed by atoms with E-state index < -0.39 is 0 Å². The molecule has 1 atom stereocenters. The van der Waals surface area contributed by atoms with Gasteiger partial charge in [-0.2, -0.15) is 10.1 Å². The van der Waals surface area contributed by atoms with Crippen LogP contribution in [-0.2, 0) is 6.54 Å². The lowest BCUT2D eigenvalue weighted by Crippen LogP contribution is -2.34. The Morgan fingerprint density at radius 1 is 1.26 bits per heavy atom. The van der Waals surface area contributed by atoms with E-state index in [0.717, 1.165) is 43.5 Å². The van der Waals surface area contributed by atoms with Gasteiger partial charge in [0.25, 0.3) is 0 Å². The minimum absolute atomic E-state index is 0.396. The number of nitrogens with zero attached hydrogens (tertiary/aromatic N) is 5. The molecule has 2 aliphatic rings. The summed E-state index contributed by atoms with van der Waals surface area (Å²) in [5, 5.41) is 8.90. The summed E-state index contributed by atoms with van der Waals surface area (Å²) in [6.07, 6.45) is 6.82. The van der Waals surface area contributed by atoms with Gasteiger partial charge in [0.05, 0.1) is 5.69 Å². The molecule has 0 bridgehead atoms. The Morgan fingerprint density at radius 2 is 2.13 bits per heavy atom. The van der Waals surface area contributed by atoms with Crippen molar-refractivity contribution in [1.29, 1.82) is 0 Å². The van der Waals surface area contributed by atoms with Gasteiger partial charge in [0, 0.05) is 37.2 Å². The van der Waals surface area contributed by atoms with E-state index in [-0.39, 0.29) is 0 Å². The summed E-state index contributed by atoms with van der Waals surface area (Å²) < 4.78 is 7.46. The molecule has 1 aliphatic heterocycles. The van der Waals surface area contributed by atoms with Gasteiger partial charge in [0.1, 0.15) is 0 Å². The van der Waals surface area contributed by atoms with E-state index in [9.17, 15) is 0 Å². The minimum Gasteiger partial charge on any atom is -0.339 e. The van der Waals surface area contributed by atoms with Gasteiger partial charge >= 0.3 is 0 Å².